The molecular formula is C17H22ClN3S. The van der Waals surface area contributed by atoms with Crippen LogP contribution in [0.5, 0.6) is 0 Å². The van der Waals surface area contributed by atoms with Crippen LogP contribution >= 0.6 is 22.9 Å². The van der Waals surface area contributed by atoms with Crippen molar-refractivity contribution >= 4 is 22.9 Å². The van der Waals surface area contributed by atoms with Crippen molar-refractivity contribution in [2.24, 2.45) is 5.92 Å². The maximum absolute atomic E-state index is 5.98. The van der Waals surface area contributed by atoms with E-state index in [0.29, 0.717) is 12.0 Å². The first-order valence-corrected chi connectivity index (χ1v) is 9.05. The molecule has 1 aliphatic heterocycles. The van der Waals surface area contributed by atoms with E-state index in [1.54, 1.807) is 11.3 Å². The molecule has 22 heavy (non-hydrogen) atoms. The van der Waals surface area contributed by atoms with Gasteiger partial charge < -0.3 is 5.32 Å². The van der Waals surface area contributed by atoms with Crippen molar-refractivity contribution in [1.29, 1.82) is 0 Å². The van der Waals surface area contributed by atoms with Gasteiger partial charge in [0.2, 0.25) is 0 Å². The van der Waals surface area contributed by atoms with Crippen molar-refractivity contribution in [2.45, 2.75) is 32.5 Å². The third-order valence-corrected chi connectivity index (χ3v) is 5.55. The topological polar surface area (TPSA) is 28.2 Å². The molecule has 1 saturated heterocycles. The third kappa shape index (κ3) is 4.29. The summed E-state index contributed by atoms with van der Waals surface area (Å²) in [7, 11) is 0. The molecule has 0 radical (unpaired) electrons. The van der Waals surface area contributed by atoms with Crippen LogP contribution in [0.1, 0.15) is 23.9 Å². The fourth-order valence-corrected chi connectivity index (χ4v) is 4.10. The lowest BCUT2D eigenvalue weighted by atomic mass is 9.93. The van der Waals surface area contributed by atoms with Crippen LogP contribution in [0.3, 0.4) is 0 Å². The van der Waals surface area contributed by atoms with Crippen LogP contribution in [-0.2, 0) is 13.1 Å². The summed E-state index contributed by atoms with van der Waals surface area (Å²) in [5.74, 6) is 0.646. The van der Waals surface area contributed by atoms with Crippen LogP contribution in [0.2, 0.25) is 5.02 Å². The minimum absolute atomic E-state index is 0.584. The summed E-state index contributed by atoms with van der Waals surface area (Å²) >= 11 is 7.71. The van der Waals surface area contributed by atoms with E-state index in [-0.39, 0.29) is 0 Å². The van der Waals surface area contributed by atoms with E-state index in [4.69, 9.17) is 11.6 Å². The van der Waals surface area contributed by atoms with E-state index in [1.165, 1.54) is 11.3 Å². The molecule has 2 atom stereocenters. The molecule has 3 heterocycles. The van der Waals surface area contributed by atoms with E-state index in [1.807, 2.05) is 17.6 Å². The van der Waals surface area contributed by atoms with E-state index >= 15 is 0 Å². The van der Waals surface area contributed by atoms with Gasteiger partial charge in [0.15, 0.2) is 0 Å². The molecule has 1 fully saturated rings. The largest absolute Gasteiger partial charge is 0.309 e. The maximum atomic E-state index is 5.98. The average Bonchev–Trinajstić information content (AvgIpc) is 2.93. The van der Waals surface area contributed by atoms with Crippen molar-refractivity contribution in [3.05, 3.63) is 51.4 Å². The quantitative estimate of drug-likeness (QED) is 0.901. The normalized spacial score (nSPS) is 22.8. The maximum Gasteiger partial charge on any atom is 0.0543 e. The predicted octanol–water partition coefficient (Wildman–Crippen LogP) is 3.80. The molecule has 3 rings (SSSR count). The highest BCUT2D eigenvalue weighted by atomic mass is 35.5. The van der Waals surface area contributed by atoms with Gasteiger partial charge in [-0.25, -0.2) is 0 Å². The number of thiophene rings is 1. The van der Waals surface area contributed by atoms with Crippen molar-refractivity contribution < 1.29 is 0 Å². The molecule has 2 aromatic heterocycles. The van der Waals surface area contributed by atoms with Gasteiger partial charge in [-0.2, -0.15) is 0 Å². The zero-order valence-electron chi connectivity index (χ0n) is 12.8. The van der Waals surface area contributed by atoms with Crippen molar-refractivity contribution in [3.63, 3.8) is 0 Å². The van der Waals surface area contributed by atoms with Gasteiger partial charge in [-0.1, -0.05) is 24.6 Å². The lowest BCUT2D eigenvalue weighted by Gasteiger charge is -2.37. The van der Waals surface area contributed by atoms with Gasteiger partial charge in [0, 0.05) is 48.7 Å². The highest BCUT2D eigenvalue weighted by molar-refractivity contribution is 7.10. The zero-order valence-corrected chi connectivity index (χ0v) is 14.4. The molecule has 118 valence electrons. The predicted molar refractivity (Wildman–Crippen MR) is 93.3 cm³/mol. The van der Waals surface area contributed by atoms with E-state index in [0.717, 1.165) is 36.9 Å². The smallest absolute Gasteiger partial charge is 0.0543 e. The van der Waals surface area contributed by atoms with Crippen LogP contribution in [0.4, 0.5) is 0 Å². The molecule has 2 unspecified atom stereocenters. The number of rotatable bonds is 5. The molecule has 2 aromatic rings. The first kappa shape index (κ1) is 15.9. The molecule has 1 aliphatic rings. The summed E-state index contributed by atoms with van der Waals surface area (Å²) in [6, 6.07) is 8.78. The highest BCUT2D eigenvalue weighted by Gasteiger charge is 2.25. The third-order valence-electron chi connectivity index (χ3n) is 4.26. The fraction of sp³-hybridized carbons (Fsp3) is 0.471. The minimum atomic E-state index is 0.584. The number of likely N-dealkylation sites (tertiary alicyclic amines) is 1. The second-order valence-electron chi connectivity index (χ2n) is 6.04. The number of halogens is 1. The number of hydrogen-bond acceptors (Lipinski definition) is 4. The summed E-state index contributed by atoms with van der Waals surface area (Å²) in [5, 5.41) is 6.54. The van der Waals surface area contributed by atoms with Crippen LogP contribution in [0, 0.1) is 5.92 Å². The first-order chi connectivity index (χ1) is 10.7. The standard InChI is InChI=1S/C17H22ClN3S/c1-13-10-21(11-15-4-2-3-6-19-15)7-5-17(13)20-9-16-8-14(18)12-22-16/h2-4,6,8,12-13,17,20H,5,7,9-11H2,1H3. The van der Waals surface area contributed by atoms with Crippen LogP contribution in [-0.4, -0.2) is 29.0 Å². The Bertz CT molecular complexity index is 587. The monoisotopic (exact) mass is 335 g/mol. The number of pyridine rings is 1. The van der Waals surface area contributed by atoms with Crippen LogP contribution < -0.4 is 5.32 Å². The van der Waals surface area contributed by atoms with Gasteiger partial charge in [0.05, 0.1) is 10.7 Å². The summed E-state index contributed by atoms with van der Waals surface area (Å²) in [5.41, 5.74) is 1.16. The molecule has 0 aromatic carbocycles. The SMILES string of the molecule is CC1CN(Cc2ccccn2)CCC1NCc1cc(Cl)cs1. The lowest BCUT2D eigenvalue weighted by Crippen LogP contribution is -2.47. The van der Waals surface area contributed by atoms with Gasteiger partial charge in [-0.15, -0.1) is 11.3 Å². The number of nitrogens with zero attached hydrogens (tertiary/aromatic N) is 2. The minimum Gasteiger partial charge on any atom is -0.309 e. The second kappa shape index (κ2) is 7.55. The summed E-state index contributed by atoms with van der Waals surface area (Å²) in [4.78, 5) is 8.25. The van der Waals surface area contributed by atoms with Crippen molar-refractivity contribution in [1.82, 2.24) is 15.2 Å². The fourth-order valence-electron chi connectivity index (χ4n) is 3.08. The molecule has 0 amide bonds. The second-order valence-corrected chi connectivity index (χ2v) is 7.47. The van der Waals surface area contributed by atoms with Crippen molar-refractivity contribution in [2.75, 3.05) is 13.1 Å². The van der Waals surface area contributed by atoms with Gasteiger partial charge in [0.1, 0.15) is 0 Å². The Morgan fingerprint density at radius 3 is 3.05 bits per heavy atom. The Morgan fingerprint density at radius 2 is 2.36 bits per heavy atom. The zero-order chi connectivity index (χ0) is 15.4. The molecule has 3 nitrogen and oxygen atoms in total. The van der Waals surface area contributed by atoms with E-state index in [2.05, 4.69) is 40.3 Å². The van der Waals surface area contributed by atoms with Crippen LogP contribution in [0.25, 0.3) is 0 Å². The molecule has 0 saturated carbocycles. The molecule has 0 spiro atoms. The molecule has 0 aliphatic carbocycles. The number of nitrogens with one attached hydrogen (secondary N) is 1. The highest BCUT2D eigenvalue weighted by Crippen LogP contribution is 2.22. The Labute approximate surface area is 141 Å². The molecular weight excluding hydrogens is 314 g/mol. The van der Waals surface area contributed by atoms with E-state index < -0.39 is 0 Å². The first-order valence-electron chi connectivity index (χ1n) is 7.79. The number of aromatic nitrogens is 1. The molecule has 5 heteroatoms. The van der Waals surface area contributed by atoms with Gasteiger partial charge in [-0.05, 0) is 30.5 Å². The molecule has 1 N–H and O–H groups in total. The van der Waals surface area contributed by atoms with Gasteiger partial charge in [0.25, 0.3) is 0 Å². The summed E-state index contributed by atoms with van der Waals surface area (Å²) < 4.78 is 0. The van der Waals surface area contributed by atoms with E-state index in [9.17, 15) is 0 Å². The molecule has 0 bridgehead atoms. The Balaban J connectivity index is 1.47. The number of hydrogen-bond donors (Lipinski definition) is 1. The Morgan fingerprint density at radius 1 is 1.45 bits per heavy atom. The van der Waals surface area contributed by atoms with Crippen molar-refractivity contribution in [3.8, 4) is 0 Å². The number of piperidine rings is 1. The van der Waals surface area contributed by atoms with Crippen LogP contribution in [0.15, 0.2) is 35.8 Å². The Hall–Kier alpha value is -0.940. The average molecular weight is 336 g/mol. The Kier molecular flexibility index (Phi) is 5.47. The van der Waals surface area contributed by atoms with Gasteiger partial charge >= 0.3 is 0 Å². The van der Waals surface area contributed by atoms with Gasteiger partial charge in [-0.3, -0.25) is 9.88 Å². The summed E-state index contributed by atoms with van der Waals surface area (Å²) in [6.07, 6.45) is 3.06. The lowest BCUT2D eigenvalue weighted by molar-refractivity contribution is 0.139. The summed E-state index contributed by atoms with van der Waals surface area (Å²) in [6.45, 7) is 6.47.